The van der Waals surface area contributed by atoms with Crippen LogP contribution in [-0.4, -0.2) is 12.4 Å². The average molecular weight is 131 g/mol. The maximum absolute atomic E-state index is 10.6. The Balaban J connectivity index is 3.27. The summed E-state index contributed by atoms with van der Waals surface area (Å²) in [6.07, 6.45) is 0.714. The van der Waals surface area contributed by atoms with Crippen molar-refractivity contribution in [3.8, 4) is 0 Å². The highest BCUT2D eigenvalue weighted by molar-refractivity contribution is 5.77. The molecule has 3 heteroatoms. The molecule has 0 spiro atoms. The molecule has 0 saturated heterocycles. The van der Waals surface area contributed by atoms with Crippen molar-refractivity contribution in [1.82, 2.24) is 0 Å². The predicted octanol–water partition coefficient (Wildman–Crippen LogP) is 0.492. The summed E-state index contributed by atoms with van der Waals surface area (Å²) < 4.78 is 0. The van der Waals surface area contributed by atoms with Crippen molar-refractivity contribution in [2.45, 2.75) is 20.3 Å². The van der Waals surface area contributed by atoms with Gasteiger partial charge in [-0.2, -0.15) is 0 Å². The minimum atomic E-state index is 0.0774. The zero-order chi connectivity index (χ0) is 7.28. The molecule has 0 rings (SSSR count). The topological polar surface area (TPSA) is 52.3 Å². The summed E-state index contributed by atoms with van der Waals surface area (Å²) in [5.74, 6) is 5.03. The first-order valence-electron chi connectivity index (χ1n) is 3.00. The zero-order valence-electron chi connectivity index (χ0n) is 5.89. The fourth-order valence-electron chi connectivity index (χ4n) is 0.448. The zero-order valence-corrected chi connectivity index (χ0v) is 5.89. The lowest BCUT2D eigenvalue weighted by atomic mass is 10.1. The summed E-state index contributed by atoms with van der Waals surface area (Å²) in [6, 6.07) is 0. The number of hydrogen-bond donors (Lipinski definition) is 1. The Bertz CT molecular complexity index is 93.1. The molecule has 0 saturated carbocycles. The van der Waals surface area contributed by atoms with Crippen LogP contribution < -0.4 is 5.90 Å². The van der Waals surface area contributed by atoms with E-state index < -0.39 is 0 Å². The highest BCUT2D eigenvalue weighted by Crippen LogP contribution is 2.01. The Morgan fingerprint density at radius 3 is 2.67 bits per heavy atom. The van der Waals surface area contributed by atoms with Crippen LogP contribution in [0.4, 0.5) is 0 Å². The number of carbonyl (C=O) groups is 1. The molecular weight excluding hydrogens is 118 g/mol. The van der Waals surface area contributed by atoms with Crippen molar-refractivity contribution < 1.29 is 9.63 Å². The first kappa shape index (κ1) is 8.59. The van der Waals surface area contributed by atoms with Gasteiger partial charge in [-0.15, -0.1) is 0 Å². The van der Waals surface area contributed by atoms with E-state index >= 15 is 0 Å². The third kappa shape index (κ3) is 4.12. The van der Waals surface area contributed by atoms with E-state index in [4.69, 9.17) is 5.90 Å². The second kappa shape index (κ2) is 4.47. The van der Waals surface area contributed by atoms with E-state index in [0.717, 1.165) is 0 Å². The third-order valence-corrected chi connectivity index (χ3v) is 1.36. The molecule has 0 heterocycles. The second-order valence-electron chi connectivity index (χ2n) is 2.17. The summed E-state index contributed by atoms with van der Waals surface area (Å²) in [5, 5.41) is 0. The quantitative estimate of drug-likeness (QED) is 0.565. The van der Waals surface area contributed by atoms with E-state index in [0.29, 0.717) is 13.0 Å². The van der Waals surface area contributed by atoms with Gasteiger partial charge in [0.1, 0.15) is 5.78 Å². The van der Waals surface area contributed by atoms with Crippen LogP contribution in [0.1, 0.15) is 20.3 Å². The third-order valence-electron chi connectivity index (χ3n) is 1.36. The minimum absolute atomic E-state index is 0.0774. The van der Waals surface area contributed by atoms with E-state index in [1.807, 2.05) is 6.92 Å². The van der Waals surface area contributed by atoms with Crippen molar-refractivity contribution in [3.63, 3.8) is 0 Å². The van der Waals surface area contributed by atoms with E-state index in [9.17, 15) is 4.79 Å². The SMILES string of the molecule is CC(=O)C(C)CCON. The number of hydrogen-bond acceptors (Lipinski definition) is 3. The lowest BCUT2D eigenvalue weighted by Gasteiger charge is -2.03. The molecule has 0 radical (unpaired) electrons. The largest absolute Gasteiger partial charge is 0.305 e. The fraction of sp³-hybridized carbons (Fsp3) is 0.833. The summed E-state index contributed by atoms with van der Waals surface area (Å²) in [6.45, 7) is 3.89. The minimum Gasteiger partial charge on any atom is -0.305 e. The van der Waals surface area contributed by atoms with E-state index in [-0.39, 0.29) is 11.7 Å². The van der Waals surface area contributed by atoms with Crippen molar-refractivity contribution in [3.05, 3.63) is 0 Å². The van der Waals surface area contributed by atoms with Crippen molar-refractivity contribution >= 4 is 5.78 Å². The molecule has 0 amide bonds. The highest BCUT2D eigenvalue weighted by atomic mass is 16.6. The Morgan fingerprint density at radius 1 is 1.78 bits per heavy atom. The van der Waals surface area contributed by atoms with Crippen LogP contribution in [0.15, 0.2) is 0 Å². The maximum atomic E-state index is 10.6. The second-order valence-corrected chi connectivity index (χ2v) is 2.17. The maximum Gasteiger partial charge on any atom is 0.132 e. The lowest BCUT2D eigenvalue weighted by Crippen LogP contribution is -2.11. The molecule has 0 aliphatic heterocycles. The Kier molecular flexibility index (Phi) is 4.26. The van der Waals surface area contributed by atoms with Crippen molar-refractivity contribution in [2.24, 2.45) is 11.8 Å². The van der Waals surface area contributed by atoms with E-state index in [2.05, 4.69) is 4.84 Å². The molecule has 1 unspecified atom stereocenters. The van der Waals surface area contributed by atoms with Gasteiger partial charge >= 0.3 is 0 Å². The van der Waals surface area contributed by atoms with Crippen LogP contribution in [0.5, 0.6) is 0 Å². The van der Waals surface area contributed by atoms with Gasteiger partial charge < -0.3 is 4.84 Å². The Hall–Kier alpha value is -0.410. The van der Waals surface area contributed by atoms with Crippen LogP contribution in [0, 0.1) is 5.92 Å². The van der Waals surface area contributed by atoms with Crippen LogP contribution in [0.2, 0.25) is 0 Å². The number of carbonyl (C=O) groups excluding carboxylic acids is 1. The average Bonchev–Trinajstić information content (AvgIpc) is 1.82. The van der Waals surface area contributed by atoms with E-state index in [1.54, 1.807) is 6.92 Å². The number of ketones is 1. The molecule has 9 heavy (non-hydrogen) atoms. The van der Waals surface area contributed by atoms with Crippen LogP contribution >= 0.6 is 0 Å². The monoisotopic (exact) mass is 131 g/mol. The molecule has 0 bridgehead atoms. The van der Waals surface area contributed by atoms with Gasteiger partial charge in [-0.1, -0.05) is 6.92 Å². The van der Waals surface area contributed by atoms with Gasteiger partial charge in [0.05, 0.1) is 6.61 Å². The molecule has 1 atom stereocenters. The molecular formula is C6H13NO2. The van der Waals surface area contributed by atoms with Crippen molar-refractivity contribution in [1.29, 1.82) is 0 Å². The van der Waals surface area contributed by atoms with Gasteiger partial charge in [-0.3, -0.25) is 4.79 Å². The summed E-state index contributed by atoms with van der Waals surface area (Å²) in [4.78, 5) is 14.9. The van der Waals surface area contributed by atoms with E-state index in [1.165, 1.54) is 0 Å². The Morgan fingerprint density at radius 2 is 2.33 bits per heavy atom. The predicted molar refractivity (Wildman–Crippen MR) is 34.6 cm³/mol. The first-order chi connectivity index (χ1) is 4.18. The summed E-state index contributed by atoms with van der Waals surface area (Å²) in [5.41, 5.74) is 0. The molecule has 0 aliphatic rings. The van der Waals surface area contributed by atoms with Crippen LogP contribution in [0.3, 0.4) is 0 Å². The number of nitrogens with two attached hydrogens (primary N) is 1. The smallest absolute Gasteiger partial charge is 0.132 e. The lowest BCUT2D eigenvalue weighted by molar-refractivity contribution is -0.120. The van der Waals surface area contributed by atoms with Crippen LogP contribution in [0.25, 0.3) is 0 Å². The van der Waals surface area contributed by atoms with Gasteiger partial charge in [0, 0.05) is 5.92 Å². The normalized spacial score (nSPS) is 13.2. The molecule has 0 aromatic carbocycles. The summed E-state index contributed by atoms with van der Waals surface area (Å²) >= 11 is 0. The highest BCUT2D eigenvalue weighted by Gasteiger charge is 2.05. The fourth-order valence-corrected chi connectivity index (χ4v) is 0.448. The first-order valence-corrected chi connectivity index (χ1v) is 3.00. The molecule has 0 aliphatic carbocycles. The summed E-state index contributed by atoms with van der Waals surface area (Å²) in [7, 11) is 0. The molecule has 0 aromatic heterocycles. The molecule has 0 fully saturated rings. The van der Waals surface area contributed by atoms with Gasteiger partial charge in [-0.05, 0) is 13.3 Å². The molecule has 3 nitrogen and oxygen atoms in total. The van der Waals surface area contributed by atoms with Gasteiger partial charge in [0.15, 0.2) is 0 Å². The van der Waals surface area contributed by atoms with Gasteiger partial charge in [-0.25, -0.2) is 5.90 Å². The Labute approximate surface area is 55.1 Å². The standard InChI is InChI=1S/C6H13NO2/c1-5(6(2)8)3-4-9-7/h5H,3-4,7H2,1-2H3. The van der Waals surface area contributed by atoms with Crippen LogP contribution in [-0.2, 0) is 9.63 Å². The van der Waals surface area contributed by atoms with Gasteiger partial charge in [0.2, 0.25) is 0 Å². The van der Waals surface area contributed by atoms with Gasteiger partial charge in [0.25, 0.3) is 0 Å². The number of rotatable bonds is 4. The number of Topliss-reactive ketones (excluding diaryl/α,β-unsaturated/α-hetero) is 1. The molecule has 54 valence electrons. The molecule has 0 aromatic rings. The molecule has 2 N–H and O–H groups in total. The van der Waals surface area contributed by atoms with Crippen molar-refractivity contribution in [2.75, 3.05) is 6.61 Å².